The molecule has 1 aromatic rings. The van der Waals surface area contributed by atoms with Gasteiger partial charge in [0.15, 0.2) is 0 Å². The van der Waals surface area contributed by atoms with Crippen LogP contribution in [0.3, 0.4) is 0 Å². The highest BCUT2D eigenvalue weighted by atomic mass is 16.6. The first kappa shape index (κ1) is 13.4. The lowest BCUT2D eigenvalue weighted by Gasteiger charge is -2.17. The highest BCUT2D eigenvalue weighted by Gasteiger charge is 2.45. The second kappa shape index (κ2) is 5.39. The van der Waals surface area contributed by atoms with Gasteiger partial charge in [0.1, 0.15) is 24.6 Å². The van der Waals surface area contributed by atoms with E-state index in [0.717, 1.165) is 11.0 Å². The monoisotopic (exact) mass is 279 g/mol. The second-order valence-electron chi connectivity index (χ2n) is 4.76. The van der Waals surface area contributed by atoms with Crippen molar-refractivity contribution in [2.24, 2.45) is 0 Å². The summed E-state index contributed by atoms with van der Waals surface area (Å²) in [6.45, 7) is 0.457. The zero-order chi connectivity index (χ0) is 14.1. The molecule has 1 aromatic carbocycles. The third-order valence-corrected chi connectivity index (χ3v) is 3.38. The maximum absolute atomic E-state index is 10.7. The van der Waals surface area contributed by atoms with Gasteiger partial charge in [-0.25, -0.2) is 0 Å². The number of rotatable bonds is 4. The Morgan fingerprint density at radius 2 is 2.35 bits per heavy atom. The summed E-state index contributed by atoms with van der Waals surface area (Å²) in [5.74, 6) is 0.664. The lowest BCUT2D eigenvalue weighted by atomic mass is 9.77. The van der Waals surface area contributed by atoms with Crippen LogP contribution in [0.4, 0.5) is 0 Å². The van der Waals surface area contributed by atoms with E-state index in [2.05, 4.69) is 0 Å². The van der Waals surface area contributed by atoms with Gasteiger partial charge in [0, 0.05) is 17.5 Å². The Hall–Kier alpha value is -1.64. The van der Waals surface area contributed by atoms with Crippen LogP contribution in [-0.4, -0.2) is 45.0 Å². The van der Waals surface area contributed by atoms with Gasteiger partial charge in [0.25, 0.3) is 0 Å². The summed E-state index contributed by atoms with van der Waals surface area (Å²) in [6, 6.07) is 5.45. The van der Waals surface area contributed by atoms with Crippen molar-refractivity contribution < 1.29 is 23.7 Å². The van der Waals surface area contributed by atoms with Crippen LogP contribution in [0.5, 0.6) is 5.75 Å². The molecule has 0 saturated heterocycles. The molecule has 0 aliphatic carbocycles. The second-order valence-corrected chi connectivity index (χ2v) is 4.76. The zero-order valence-corrected chi connectivity index (χ0v) is 11.0. The van der Waals surface area contributed by atoms with Crippen LogP contribution in [0.1, 0.15) is 11.7 Å². The molecule has 106 valence electrons. The van der Waals surface area contributed by atoms with Crippen molar-refractivity contribution in [3.05, 3.63) is 33.9 Å². The average Bonchev–Trinajstić information content (AvgIpc) is 2.64. The first-order chi connectivity index (χ1) is 9.69. The van der Waals surface area contributed by atoms with Crippen molar-refractivity contribution in [1.82, 2.24) is 0 Å². The van der Waals surface area contributed by atoms with E-state index in [9.17, 15) is 10.1 Å². The molecule has 0 saturated carbocycles. The first-order valence-electron chi connectivity index (χ1n) is 6.36. The van der Waals surface area contributed by atoms with Gasteiger partial charge in [-0.15, -0.1) is 0 Å². The zero-order valence-electron chi connectivity index (χ0n) is 11.0. The number of hydrogen-bond acceptors (Lipinski definition) is 6. The predicted octanol–water partition coefficient (Wildman–Crippen LogP) is 0.154. The number of nitro groups is 1. The van der Waals surface area contributed by atoms with E-state index in [-0.39, 0.29) is 17.6 Å². The van der Waals surface area contributed by atoms with Crippen molar-refractivity contribution >= 4 is 12.6 Å². The summed E-state index contributed by atoms with van der Waals surface area (Å²) in [5.41, 5.74) is 1.53. The molecule has 2 aliphatic heterocycles. The Morgan fingerprint density at radius 1 is 1.50 bits per heavy atom. The van der Waals surface area contributed by atoms with E-state index < -0.39 is 13.2 Å². The van der Waals surface area contributed by atoms with E-state index in [1.807, 2.05) is 18.2 Å². The molecule has 7 nitrogen and oxygen atoms in total. The number of nitrogens with zero attached hydrogens (tertiary/aromatic N) is 1. The van der Waals surface area contributed by atoms with Crippen LogP contribution in [0.25, 0.3) is 0 Å². The van der Waals surface area contributed by atoms with Gasteiger partial charge in [0.05, 0.1) is 6.61 Å². The van der Waals surface area contributed by atoms with E-state index in [4.69, 9.17) is 18.8 Å². The standard InChI is InChI=1S/C12H14BNO6/c1-17-6-8-7-18-10-4-2-3-9-11(5-14(15)16)20-13(19-8)12(9)10/h2-4,8,11H,5-7H2,1H3/t8-,11?/m1/s1. The molecule has 0 bridgehead atoms. The molecule has 0 N–H and O–H groups in total. The summed E-state index contributed by atoms with van der Waals surface area (Å²) in [7, 11) is 0.950. The van der Waals surface area contributed by atoms with Gasteiger partial charge in [0.2, 0.25) is 6.54 Å². The molecular formula is C12H14BNO6. The maximum atomic E-state index is 10.7. The van der Waals surface area contributed by atoms with E-state index in [1.165, 1.54) is 0 Å². The summed E-state index contributed by atoms with van der Waals surface area (Å²) >= 11 is 0. The number of ether oxygens (including phenoxy) is 2. The average molecular weight is 279 g/mol. The molecule has 2 atom stereocenters. The van der Waals surface area contributed by atoms with Gasteiger partial charge in [-0.05, 0) is 11.6 Å². The van der Waals surface area contributed by atoms with Gasteiger partial charge < -0.3 is 18.8 Å². The molecule has 0 fully saturated rings. The third kappa shape index (κ3) is 2.37. The van der Waals surface area contributed by atoms with E-state index in [1.54, 1.807) is 7.11 Å². The van der Waals surface area contributed by atoms with E-state index in [0.29, 0.717) is 19.0 Å². The summed E-state index contributed by atoms with van der Waals surface area (Å²) < 4.78 is 22.2. The van der Waals surface area contributed by atoms with Gasteiger partial charge in [-0.3, -0.25) is 10.1 Å². The van der Waals surface area contributed by atoms with Crippen LogP contribution < -0.4 is 10.2 Å². The van der Waals surface area contributed by atoms with Crippen LogP contribution in [0.15, 0.2) is 18.2 Å². The summed E-state index contributed by atoms with van der Waals surface area (Å²) in [5, 5.41) is 10.7. The van der Waals surface area contributed by atoms with Gasteiger partial charge >= 0.3 is 7.12 Å². The van der Waals surface area contributed by atoms with Crippen molar-refractivity contribution in [3.8, 4) is 5.75 Å². The van der Waals surface area contributed by atoms with Crippen LogP contribution in [0.2, 0.25) is 0 Å². The largest absolute Gasteiger partial charge is 0.499 e. The molecule has 3 rings (SSSR count). The number of hydrogen-bond donors (Lipinski definition) is 0. The molecule has 1 unspecified atom stereocenters. The molecule has 0 aromatic heterocycles. The fourth-order valence-corrected chi connectivity index (χ4v) is 2.56. The Kier molecular flexibility index (Phi) is 3.60. The minimum atomic E-state index is -0.631. The highest BCUT2D eigenvalue weighted by molar-refractivity contribution is 6.64. The van der Waals surface area contributed by atoms with Crippen molar-refractivity contribution in [1.29, 1.82) is 0 Å². The first-order valence-corrected chi connectivity index (χ1v) is 6.36. The Morgan fingerprint density at radius 3 is 3.10 bits per heavy atom. The Bertz CT molecular complexity index is 525. The van der Waals surface area contributed by atoms with Crippen molar-refractivity contribution in [2.75, 3.05) is 26.9 Å². The van der Waals surface area contributed by atoms with Crippen LogP contribution in [-0.2, 0) is 14.0 Å². The summed E-state index contributed by atoms with van der Waals surface area (Å²) in [4.78, 5) is 10.3. The van der Waals surface area contributed by atoms with Crippen molar-refractivity contribution in [3.63, 3.8) is 0 Å². The quantitative estimate of drug-likeness (QED) is 0.443. The number of methoxy groups -OCH3 is 1. The molecule has 2 heterocycles. The lowest BCUT2D eigenvalue weighted by Crippen LogP contribution is -2.37. The molecule has 8 heteroatoms. The fraction of sp³-hybridized carbons (Fsp3) is 0.500. The Labute approximate surface area is 116 Å². The maximum Gasteiger partial charge on any atom is 0.499 e. The van der Waals surface area contributed by atoms with Crippen molar-refractivity contribution in [2.45, 2.75) is 12.2 Å². The smallest absolute Gasteiger partial charge is 0.491 e. The van der Waals surface area contributed by atoms with E-state index >= 15 is 0 Å². The lowest BCUT2D eigenvalue weighted by molar-refractivity contribution is -0.490. The van der Waals surface area contributed by atoms with Crippen LogP contribution >= 0.6 is 0 Å². The minimum absolute atomic E-state index is 0.264. The molecular weight excluding hydrogens is 265 g/mol. The molecule has 2 aliphatic rings. The topological polar surface area (TPSA) is 80.1 Å². The molecule has 20 heavy (non-hydrogen) atoms. The normalized spacial score (nSPS) is 23.9. The minimum Gasteiger partial charge on any atom is -0.491 e. The Balaban J connectivity index is 1.91. The third-order valence-electron chi connectivity index (χ3n) is 3.38. The number of benzene rings is 1. The SMILES string of the molecule is COC[C@@H]1COc2cccc3c2B(OC3C[N+](=O)[O-])O1. The van der Waals surface area contributed by atoms with Gasteiger partial charge in [-0.2, -0.15) is 0 Å². The van der Waals surface area contributed by atoms with Crippen LogP contribution in [0, 0.1) is 10.1 Å². The predicted molar refractivity (Wildman–Crippen MR) is 69.8 cm³/mol. The molecule has 0 radical (unpaired) electrons. The summed E-state index contributed by atoms with van der Waals surface area (Å²) in [6.07, 6.45) is -0.866. The molecule has 0 spiro atoms. The fourth-order valence-electron chi connectivity index (χ4n) is 2.56. The van der Waals surface area contributed by atoms with Gasteiger partial charge in [-0.1, -0.05) is 12.1 Å². The highest BCUT2D eigenvalue weighted by Crippen LogP contribution is 2.31. The molecule has 0 amide bonds.